The molecule has 0 aliphatic rings. The molecule has 0 unspecified atom stereocenters. The van der Waals surface area contributed by atoms with Gasteiger partial charge in [-0.05, 0) is 34.1 Å². The monoisotopic (exact) mass is 391 g/mol. The highest BCUT2D eigenvalue weighted by Crippen LogP contribution is 2.20. The van der Waals surface area contributed by atoms with Crippen molar-refractivity contribution in [3.05, 3.63) is 63.9 Å². The lowest BCUT2D eigenvalue weighted by Crippen LogP contribution is -2.14. The second-order valence-electron chi connectivity index (χ2n) is 4.71. The van der Waals surface area contributed by atoms with Gasteiger partial charge in [-0.2, -0.15) is 5.11 Å². The third-order valence-electron chi connectivity index (χ3n) is 3.07. The molecule has 1 heterocycles. The van der Waals surface area contributed by atoms with Crippen LogP contribution in [0.3, 0.4) is 0 Å². The zero-order valence-electron chi connectivity index (χ0n) is 12.5. The van der Waals surface area contributed by atoms with Gasteiger partial charge in [0.05, 0.1) is 17.1 Å². The van der Waals surface area contributed by atoms with Crippen LogP contribution in [0.5, 0.6) is 0 Å². The van der Waals surface area contributed by atoms with E-state index >= 15 is 0 Å². The number of anilines is 1. The molecule has 0 atom stereocenters. The van der Waals surface area contributed by atoms with Crippen LogP contribution in [0, 0.1) is 16.8 Å². The number of hydrogen-bond donors (Lipinski definition) is 5. The van der Waals surface area contributed by atoms with E-state index in [2.05, 4.69) is 36.3 Å². The van der Waals surface area contributed by atoms with Crippen molar-refractivity contribution >= 4 is 33.8 Å². The van der Waals surface area contributed by atoms with E-state index in [1.54, 1.807) is 24.3 Å². The Morgan fingerprint density at radius 2 is 2.17 bits per heavy atom. The summed E-state index contributed by atoms with van der Waals surface area (Å²) in [6.07, 6.45) is 2.63. The summed E-state index contributed by atoms with van der Waals surface area (Å²) in [6, 6.07) is 8.01. The number of benzene rings is 1. The number of allylic oxidation sites excluding steroid dienone is 1. The van der Waals surface area contributed by atoms with Crippen LogP contribution >= 0.6 is 15.9 Å². The molecule has 0 amide bonds. The molecule has 0 saturated heterocycles. The molecule has 9 heteroatoms. The number of hydrogen-bond acceptors (Lipinski definition) is 4. The number of nitrogens with two attached hydrogens (primary N) is 1. The standard InChI is InChI=1S/C15H15BrFN7/c16-11-6-9(23-14(11)15(19)22-8-18)5-10(24-20)7-21-13-4-2-1-3-12(13)17/h1-4,6-8,20-21,23H,5H2,(H3,18,19,22)/b10-7-,24-20?. The maximum atomic E-state index is 13.6. The van der Waals surface area contributed by atoms with Crippen LogP contribution < -0.4 is 11.1 Å². The van der Waals surface area contributed by atoms with Gasteiger partial charge < -0.3 is 16.0 Å². The number of H-pyrrole nitrogens is 1. The lowest BCUT2D eigenvalue weighted by atomic mass is 10.2. The van der Waals surface area contributed by atoms with E-state index in [1.165, 1.54) is 12.3 Å². The summed E-state index contributed by atoms with van der Waals surface area (Å²) in [6.45, 7) is 0. The Morgan fingerprint density at radius 3 is 2.83 bits per heavy atom. The van der Waals surface area contributed by atoms with Crippen LogP contribution in [0.2, 0.25) is 0 Å². The van der Waals surface area contributed by atoms with Gasteiger partial charge in [0, 0.05) is 22.8 Å². The van der Waals surface area contributed by atoms with Crippen LogP contribution in [0.25, 0.3) is 0 Å². The lowest BCUT2D eigenvalue weighted by Gasteiger charge is -2.04. The van der Waals surface area contributed by atoms with Crippen molar-refractivity contribution in [2.75, 3.05) is 5.32 Å². The lowest BCUT2D eigenvalue weighted by molar-refractivity contribution is 0.632. The van der Waals surface area contributed by atoms with Crippen LogP contribution in [0.4, 0.5) is 10.1 Å². The van der Waals surface area contributed by atoms with Gasteiger partial charge in [-0.25, -0.2) is 14.9 Å². The van der Waals surface area contributed by atoms with Gasteiger partial charge in [0.1, 0.15) is 18.0 Å². The van der Waals surface area contributed by atoms with Crippen LogP contribution in [-0.4, -0.2) is 17.2 Å². The average Bonchev–Trinajstić information content (AvgIpc) is 2.93. The highest BCUT2D eigenvalue weighted by molar-refractivity contribution is 9.10. The zero-order valence-corrected chi connectivity index (χ0v) is 14.1. The zero-order chi connectivity index (χ0) is 17.5. The smallest absolute Gasteiger partial charge is 0.150 e. The van der Waals surface area contributed by atoms with E-state index in [-0.39, 0.29) is 5.84 Å². The van der Waals surface area contributed by atoms with Crippen molar-refractivity contribution in [1.82, 2.24) is 4.98 Å². The van der Waals surface area contributed by atoms with Crippen molar-refractivity contribution in [1.29, 1.82) is 10.9 Å². The molecule has 2 rings (SSSR count). The van der Waals surface area contributed by atoms with Crippen LogP contribution in [-0.2, 0) is 6.42 Å². The minimum Gasteiger partial charge on any atom is -0.382 e. The van der Waals surface area contributed by atoms with Gasteiger partial charge in [-0.1, -0.05) is 12.1 Å². The summed E-state index contributed by atoms with van der Waals surface area (Å²) in [5, 5.41) is 13.2. The van der Waals surface area contributed by atoms with Crippen molar-refractivity contribution in [3.63, 3.8) is 0 Å². The first-order valence-electron chi connectivity index (χ1n) is 6.82. The molecule has 124 valence electrons. The van der Waals surface area contributed by atoms with Gasteiger partial charge in [0.15, 0.2) is 0 Å². The van der Waals surface area contributed by atoms with Crippen molar-refractivity contribution in [3.8, 4) is 0 Å². The number of rotatable bonds is 7. The Hall–Kier alpha value is -2.81. The number of para-hydroxylation sites is 1. The highest BCUT2D eigenvalue weighted by Gasteiger charge is 2.10. The summed E-state index contributed by atoms with van der Waals surface area (Å²) in [7, 11) is 0. The Kier molecular flexibility index (Phi) is 5.96. The Balaban J connectivity index is 2.16. The third kappa shape index (κ3) is 4.35. The molecule has 0 bridgehead atoms. The molecule has 0 radical (unpaired) electrons. The van der Waals surface area contributed by atoms with Crippen LogP contribution in [0.15, 0.2) is 56.8 Å². The number of aromatic amines is 1. The Labute approximate surface area is 146 Å². The highest BCUT2D eigenvalue weighted by atomic mass is 79.9. The predicted octanol–water partition coefficient (Wildman–Crippen LogP) is 3.76. The van der Waals surface area contributed by atoms with E-state index in [9.17, 15) is 4.39 Å². The van der Waals surface area contributed by atoms with Gasteiger partial charge in [0.25, 0.3) is 0 Å². The molecular formula is C15H15BrFN7. The number of aliphatic imine (C=N–C) groups is 1. The van der Waals surface area contributed by atoms with Crippen molar-refractivity contribution < 1.29 is 4.39 Å². The third-order valence-corrected chi connectivity index (χ3v) is 3.69. The molecule has 0 saturated carbocycles. The van der Waals surface area contributed by atoms with Gasteiger partial charge in [-0.15, -0.1) is 0 Å². The Bertz CT molecular complexity index is 810. The summed E-state index contributed by atoms with van der Waals surface area (Å²) in [4.78, 5) is 6.75. The molecule has 7 nitrogen and oxygen atoms in total. The summed E-state index contributed by atoms with van der Waals surface area (Å²) in [5.41, 5.74) is 15.0. The number of aromatic nitrogens is 1. The molecule has 1 aromatic heterocycles. The fourth-order valence-electron chi connectivity index (χ4n) is 1.95. The topological polar surface area (TPSA) is 126 Å². The van der Waals surface area contributed by atoms with Gasteiger partial charge in [0.2, 0.25) is 0 Å². The number of nitrogens with zero attached hydrogens (tertiary/aromatic N) is 2. The van der Waals surface area contributed by atoms with Crippen molar-refractivity contribution in [2.24, 2.45) is 15.8 Å². The first-order valence-corrected chi connectivity index (χ1v) is 7.62. The average molecular weight is 392 g/mol. The maximum Gasteiger partial charge on any atom is 0.150 e. The molecule has 2 aromatic rings. The molecular weight excluding hydrogens is 377 g/mol. The molecule has 0 aliphatic heterocycles. The van der Waals surface area contributed by atoms with E-state index < -0.39 is 5.82 Å². The van der Waals surface area contributed by atoms with Crippen LogP contribution in [0.1, 0.15) is 11.4 Å². The number of nitrogens with one attached hydrogen (secondary N) is 4. The minimum atomic E-state index is -0.390. The number of amidine groups is 1. The molecule has 0 spiro atoms. The van der Waals surface area contributed by atoms with E-state index in [4.69, 9.17) is 16.7 Å². The quantitative estimate of drug-likeness (QED) is 0.280. The SMILES string of the molecule is N=C/N=C(/N)c1[nH]c(C/C(=C/Nc2ccccc2F)N=N)cc1Br. The fourth-order valence-corrected chi connectivity index (χ4v) is 2.53. The summed E-state index contributed by atoms with van der Waals surface area (Å²) < 4.78 is 14.2. The second-order valence-corrected chi connectivity index (χ2v) is 5.56. The van der Waals surface area contributed by atoms with E-state index in [0.717, 1.165) is 12.0 Å². The molecule has 6 N–H and O–H groups in total. The molecule has 0 fully saturated rings. The first-order chi connectivity index (χ1) is 11.5. The minimum absolute atomic E-state index is 0.168. The first kappa shape index (κ1) is 17.5. The number of halogens is 2. The summed E-state index contributed by atoms with van der Waals surface area (Å²) in [5.74, 6) is -0.223. The largest absolute Gasteiger partial charge is 0.382 e. The fraction of sp³-hybridized carbons (Fsp3) is 0.0667. The van der Waals surface area contributed by atoms with E-state index in [1.807, 2.05) is 0 Å². The molecule has 0 aliphatic carbocycles. The van der Waals surface area contributed by atoms with Gasteiger partial charge >= 0.3 is 0 Å². The maximum absolute atomic E-state index is 13.6. The normalized spacial score (nSPS) is 12.1. The predicted molar refractivity (Wildman–Crippen MR) is 95.0 cm³/mol. The van der Waals surface area contributed by atoms with Gasteiger partial charge in [-0.3, -0.25) is 5.41 Å². The van der Waals surface area contributed by atoms with Crippen molar-refractivity contribution in [2.45, 2.75) is 6.42 Å². The Morgan fingerprint density at radius 1 is 1.42 bits per heavy atom. The molecule has 1 aromatic carbocycles. The molecule has 24 heavy (non-hydrogen) atoms. The van der Waals surface area contributed by atoms with E-state index in [0.29, 0.717) is 28.0 Å². The second kappa shape index (κ2) is 8.16. The summed E-state index contributed by atoms with van der Waals surface area (Å²) >= 11 is 3.36.